The van der Waals surface area contributed by atoms with Gasteiger partial charge < -0.3 is 5.32 Å². The molecule has 2 aromatic carbocycles. The van der Waals surface area contributed by atoms with Gasteiger partial charge >= 0.3 is 0 Å². The number of nitrogens with zero attached hydrogens (tertiary/aromatic N) is 2. The number of benzene rings is 2. The van der Waals surface area contributed by atoms with E-state index in [1.165, 1.54) is 16.3 Å². The second-order valence-electron chi connectivity index (χ2n) is 4.84. The maximum absolute atomic E-state index is 4.49. The normalized spacial score (nSPS) is 10.8. The van der Waals surface area contributed by atoms with Gasteiger partial charge in [0.05, 0.1) is 0 Å². The van der Waals surface area contributed by atoms with E-state index in [9.17, 15) is 0 Å². The molecule has 1 aromatic heterocycles. The smallest absolute Gasteiger partial charge is 0.131 e. The molecular formula is C17H16BrN3. The quantitative estimate of drug-likeness (QED) is 0.706. The summed E-state index contributed by atoms with van der Waals surface area (Å²) in [6.45, 7) is 2.80. The summed E-state index contributed by atoms with van der Waals surface area (Å²) in [4.78, 5) is 8.82. The van der Waals surface area contributed by atoms with Gasteiger partial charge in [-0.15, -0.1) is 0 Å². The third kappa shape index (κ3) is 3.22. The number of aryl methyl sites for hydroxylation is 1. The molecule has 0 aliphatic rings. The highest BCUT2D eigenvalue weighted by atomic mass is 79.9. The number of rotatable bonds is 4. The molecule has 3 nitrogen and oxygen atoms in total. The second-order valence-corrected chi connectivity index (χ2v) is 5.65. The first kappa shape index (κ1) is 14.0. The fourth-order valence-electron chi connectivity index (χ4n) is 2.35. The summed E-state index contributed by atoms with van der Waals surface area (Å²) in [5, 5.41) is 5.92. The molecule has 0 aliphatic carbocycles. The van der Waals surface area contributed by atoms with Gasteiger partial charge in [-0.3, -0.25) is 0 Å². The van der Waals surface area contributed by atoms with Gasteiger partial charge in [-0.2, -0.15) is 0 Å². The topological polar surface area (TPSA) is 37.8 Å². The zero-order valence-electron chi connectivity index (χ0n) is 11.8. The first-order valence-corrected chi connectivity index (χ1v) is 7.79. The van der Waals surface area contributed by atoms with Gasteiger partial charge in [0.1, 0.15) is 16.2 Å². The van der Waals surface area contributed by atoms with Crippen molar-refractivity contribution in [3.8, 4) is 0 Å². The van der Waals surface area contributed by atoms with Crippen LogP contribution in [-0.4, -0.2) is 9.97 Å². The van der Waals surface area contributed by atoms with Crippen LogP contribution in [0.25, 0.3) is 10.8 Å². The number of anilines is 1. The number of halogens is 1. The lowest BCUT2D eigenvalue weighted by Crippen LogP contribution is -2.04. The Morgan fingerprint density at radius 3 is 2.71 bits per heavy atom. The Balaban J connectivity index is 1.85. The number of hydrogen-bond donors (Lipinski definition) is 1. The SMILES string of the molecule is CCc1nc(Br)cc(NCc2cccc3ccccc23)n1. The molecule has 3 aromatic rings. The van der Waals surface area contributed by atoms with Crippen molar-refractivity contribution in [2.75, 3.05) is 5.32 Å². The molecule has 4 heteroatoms. The fraction of sp³-hybridized carbons (Fsp3) is 0.176. The van der Waals surface area contributed by atoms with E-state index >= 15 is 0 Å². The van der Waals surface area contributed by atoms with Crippen LogP contribution >= 0.6 is 15.9 Å². The van der Waals surface area contributed by atoms with E-state index in [0.717, 1.165) is 29.2 Å². The standard InChI is InChI=1S/C17H16BrN3/c1-2-16-20-15(18)10-17(21-16)19-11-13-8-5-7-12-6-3-4-9-14(12)13/h3-10H,2,11H2,1H3,(H,19,20,21). The molecule has 0 saturated carbocycles. The van der Waals surface area contributed by atoms with Gasteiger partial charge in [-0.1, -0.05) is 49.4 Å². The van der Waals surface area contributed by atoms with Crippen LogP contribution in [0.5, 0.6) is 0 Å². The van der Waals surface area contributed by atoms with Crippen molar-refractivity contribution in [3.63, 3.8) is 0 Å². The zero-order valence-corrected chi connectivity index (χ0v) is 13.4. The molecule has 0 saturated heterocycles. The summed E-state index contributed by atoms with van der Waals surface area (Å²) < 4.78 is 0.815. The lowest BCUT2D eigenvalue weighted by atomic mass is 10.0. The van der Waals surface area contributed by atoms with Gasteiger partial charge in [0, 0.05) is 19.0 Å². The Hall–Kier alpha value is -1.94. The minimum Gasteiger partial charge on any atom is -0.366 e. The second kappa shape index (κ2) is 6.22. The summed E-state index contributed by atoms with van der Waals surface area (Å²) in [5.74, 6) is 1.69. The molecule has 106 valence electrons. The molecule has 0 atom stereocenters. The van der Waals surface area contributed by atoms with E-state index in [-0.39, 0.29) is 0 Å². The van der Waals surface area contributed by atoms with E-state index in [2.05, 4.69) is 80.6 Å². The van der Waals surface area contributed by atoms with Crippen molar-refractivity contribution in [1.82, 2.24) is 9.97 Å². The maximum atomic E-state index is 4.49. The summed E-state index contributed by atoms with van der Waals surface area (Å²) in [6, 6.07) is 16.7. The van der Waals surface area contributed by atoms with Crippen LogP contribution in [0.3, 0.4) is 0 Å². The Morgan fingerprint density at radius 2 is 1.86 bits per heavy atom. The molecule has 0 fully saturated rings. The van der Waals surface area contributed by atoms with Gasteiger partial charge in [-0.05, 0) is 32.3 Å². The first-order chi connectivity index (χ1) is 10.3. The van der Waals surface area contributed by atoms with Crippen molar-refractivity contribution in [2.45, 2.75) is 19.9 Å². The molecule has 0 bridgehead atoms. The zero-order chi connectivity index (χ0) is 14.7. The number of nitrogens with one attached hydrogen (secondary N) is 1. The Kier molecular flexibility index (Phi) is 4.15. The highest BCUT2D eigenvalue weighted by Gasteiger charge is 2.03. The van der Waals surface area contributed by atoms with Gasteiger partial charge in [0.15, 0.2) is 0 Å². The molecule has 0 amide bonds. The van der Waals surface area contributed by atoms with Gasteiger partial charge in [0.2, 0.25) is 0 Å². The molecule has 0 unspecified atom stereocenters. The van der Waals surface area contributed by atoms with Crippen LogP contribution in [0, 0.1) is 0 Å². The molecular weight excluding hydrogens is 326 g/mol. The average Bonchev–Trinajstić information content (AvgIpc) is 2.52. The van der Waals surface area contributed by atoms with Crippen molar-refractivity contribution < 1.29 is 0 Å². The van der Waals surface area contributed by atoms with Crippen LogP contribution in [0.1, 0.15) is 18.3 Å². The molecule has 1 N–H and O–H groups in total. The Bertz CT molecular complexity index is 766. The average molecular weight is 342 g/mol. The lowest BCUT2D eigenvalue weighted by Gasteiger charge is -2.10. The van der Waals surface area contributed by atoms with E-state index in [0.29, 0.717) is 0 Å². The number of hydrogen-bond acceptors (Lipinski definition) is 3. The molecule has 3 rings (SSSR count). The minimum absolute atomic E-state index is 0.744. The van der Waals surface area contributed by atoms with E-state index in [4.69, 9.17) is 0 Å². The number of aromatic nitrogens is 2. The summed E-state index contributed by atoms with van der Waals surface area (Å²) >= 11 is 3.43. The third-order valence-electron chi connectivity index (χ3n) is 3.40. The van der Waals surface area contributed by atoms with Crippen LogP contribution < -0.4 is 5.32 Å². The minimum atomic E-state index is 0.744. The third-order valence-corrected chi connectivity index (χ3v) is 3.80. The van der Waals surface area contributed by atoms with Crippen LogP contribution in [0.15, 0.2) is 53.1 Å². The van der Waals surface area contributed by atoms with Crippen molar-refractivity contribution in [2.24, 2.45) is 0 Å². The van der Waals surface area contributed by atoms with E-state index < -0.39 is 0 Å². The summed E-state index contributed by atoms with van der Waals surface area (Å²) in [5.41, 5.74) is 1.26. The highest BCUT2D eigenvalue weighted by Crippen LogP contribution is 2.20. The molecule has 1 heterocycles. The van der Waals surface area contributed by atoms with E-state index in [1.807, 2.05) is 6.07 Å². The van der Waals surface area contributed by atoms with Crippen molar-refractivity contribution in [1.29, 1.82) is 0 Å². The lowest BCUT2D eigenvalue weighted by molar-refractivity contribution is 0.922. The maximum Gasteiger partial charge on any atom is 0.131 e. The molecule has 0 spiro atoms. The first-order valence-electron chi connectivity index (χ1n) is 7.00. The van der Waals surface area contributed by atoms with Crippen LogP contribution in [-0.2, 0) is 13.0 Å². The van der Waals surface area contributed by atoms with Crippen molar-refractivity contribution >= 4 is 32.5 Å². The van der Waals surface area contributed by atoms with E-state index in [1.54, 1.807) is 0 Å². The summed E-state index contributed by atoms with van der Waals surface area (Å²) in [6.07, 6.45) is 0.822. The molecule has 0 aliphatic heterocycles. The highest BCUT2D eigenvalue weighted by molar-refractivity contribution is 9.10. The predicted octanol–water partition coefficient (Wildman–Crippen LogP) is 4.57. The fourth-order valence-corrected chi connectivity index (χ4v) is 2.77. The summed E-state index contributed by atoms with van der Waals surface area (Å²) in [7, 11) is 0. The predicted molar refractivity (Wildman–Crippen MR) is 90.4 cm³/mol. The Morgan fingerprint density at radius 1 is 1.05 bits per heavy atom. The largest absolute Gasteiger partial charge is 0.366 e. The monoisotopic (exact) mass is 341 g/mol. The van der Waals surface area contributed by atoms with Gasteiger partial charge in [-0.25, -0.2) is 9.97 Å². The number of fused-ring (bicyclic) bond motifs is 1. The van der Waals surface area contributed by atoms with Crippen LogP contribution in [0.2, 0.25) is 0 Å². The molecule has 21 heavy (non-hydrogen) atoms. The molecule has 0 radical (unpaired) electrons. The van der Waals surface area contributed by atoms with Gasteiger partial charge in [0.25, 0.3) is 0 Å². The van der Waals surface area contributed by atoms with Crippen molar-refractivity contribution in [3.05, 3.63) is 64.5 Å². The Labute approximate surface area is 132 Å². The van der Waals surface area contributed by atoms with Crippen LogP contribution in [0.4, 0.5) is 5.82 Å².